The first-order valence-corrected chi connectivity index (χ1v) is 9.33. The Labute approximate surface area is 168 Å². The Kier molecular flexibility index (Phi) is 6.41. The second-order valence-electron chi connectivity index (χ2n) is 6.65. The summed E-state index contributed by atoms with van der Waals surface area (Å²) < 4.78 is 7.07. The van der Waals surface area contributed by atoms with Gasteiger partial charge in [-0.05, 0) is 45.6 Å². The second-order valence-corrected chi connectivity index (χ2v) is 8.42. The monoisotopic (exact) mass is 484 g/mol. The fourth-order valence-electron chi connectivity index (χ4n) is 2.26. The van der Waals surface area contributed by atoms with Gasteiger partial charge in [0.05, 0.1) is 10.6 Å². The van der Waals surface area contributed by atoms with Crippen molar-refractivity contribution < 1.29 is 14.5 Å². The highest BCUT2D eigenvalue weighted by Gasteiger charge is 2.20. The maximum atomic E-state index is 12.2. The Bertz CT molecular complexity index is 848. The van der Waals surface area contributed by atoms with Crippen molar-refractivity contribution in [2.75, 3.05) is 11.9 Å². The first-order chi connectivity index (χ1) is 12.1. The first-order valence-electron chi connectivity index (χ1n) is 7.74. The van der Waals surface area contributed by atoms with Gasteiger partial charge in [-0.3, -0.25) is 14.9 Å². The van der Waals surface area contributed by atoms with E-state index in [9.17, 15) is 14.9 Å². The van der Waals surface area contributed by atoms with Crippen LogP contribution in [-0.2, 0) is 10.2 Å². The summed E-state index contributed by atoms with van der Waals surface area (Å²) in [5.41, 5.74) is 1.22. The van der Waals surface area contributed by atoms with Gasteiger partial charge in [0.25, 0.3) is 11.6 Å². The van der Waals surface area contributed by atoms with Gasteiger partial charge in [-0.2, -0.15) is 0 Å². The molecule has 0 fully saturated rings. The van der Waals surface area contributed by atoms with Crippen LogP contribution in [0.2, 0.25) is 0 Å². The van der Waals surface area contributed by atoms with E-state index in [-0.39, 0.29) is 23.6 Å². The SMILES string of the molecule is CC(C)(C)c1cc(Br)ccc1OCC(=O)Nc1ccc([N+](=O)[O-])cc1Br. The van der Waals surface area contributed by atoms with E-state index in [1.165, 1.54) is 18.2 Å². The highest BCUT2D eigenvalue weighted by atomic mass is 79.9. The minimum atomic E-state index is -0.499. The third-order valence-electron chi connectivity index (χ3n) is 3.55. The number of non-ortho nitro benzene ring substituents is 1. The molecule has 0 saturated heterocycles. The molecule has 1 amide bonds. The zero-order valence-electron chi connectivity index (χ0n) is 14.5. The molecule has 2 rings (SSSR count). The van der Waals surface area contributed by atoms with Crippen LogP contribution in [0.5, 0.6) is 5.75 Å². The molecule has 0 heterocycles. The lowest BCUT2D eigenvalue weighted by Crippen LogP contribution is -2.22. The van der Waals surface area contributed by atoms with Gasteiger partial charge in [0.15, 0.2) is 6.61 Å². The Morgan fingerprint density at radius 3 is 2.46 bits per heavy atom. The largest absolute Gasteiger partial charge is 0.483 e. The predicted octanol–water partition coefficient (Wildman–Crippen LogP) is 5.43. The van der Waals surface area contributed by atoms with Crippen LogP contribution in [0.3, 0.4) is 0 Å². The number of nitrogens with one attached hydrogen (secondary N) is 1. The molecule has 0 saturated carbocycles. The molecule has 0 bridgehead atoms. The molecule has 0 aliphatic rings. The van der Waals surface area contributed by atoms with Crippen molar-refractivity contribution in [3.63, 3.8) is 0 Å². The van der Waals surface area contributed by atoms with E-state index in [0.717, 1.165) is 10.0 Å². The van der Waals surface area contributed by atoms with Crippen molar-refractivity contribution in [1.82, 2.24) is 0 Å². The normalized spacial score (nSPS) is 11.1. The number of benzene rings is 2. The molecule has 0 spiro atoms. The molecular formula is C18H18Br2N2O4. The Morgan fingerprint density at radius 1 is 1.19 bits per heavy atom. The van der Waals surface area contributed by atoms with Crippen molar-refractivity contribution in [2.45, 2.75) is 26.2 Å². The standard InChI is InChI=1S/C18H18Br2N2O4/c1-18(2,3)13-8-11(19)4-7-16(13)26-10-17(23)21-15-6-5-12(22(24)25)9-14(15)20/h4-9H,10H2,1-3H3,(H,21,23). The summed E-state index contributed by atoms with van der Waals surface area (Å²) in [6.07, 6.45) is 0. The van der Waals surface area contributed by atoms with Crippen molar-refractivity contribution in [3.05, 3.63) is 61.0 Å². The maximum Gasteiger partial charge on any atom is 0.270 e. The average molecular weight is 486 g/mol. The zero-order valence-corrected chi connectivity index (χ0v) is 17.7. The van der Waals surface area contributed by atoms with Crippen LogP contribution in [0.25, 0.3) is 0 Å². The lowest BCUT2D eigenvalue weighted by Gasteiger charge is -2.23. The topological polar surface area (TPSA) is 81.5 Å². The zero-order chi connectivity index (χ0) is 19.5. The van der Waals surface area contributed by atoms with Gasteiger partial charge in [0.1, 0.15) is 5.75 Å². The lowest BCUT2D eigenvalue weighted by molar-refractivity contribution is -0.384. The molecule has 0 aliphatic heterocycles. The highest BCUT2D eigenvalue weighted by molar-refractivity contribution is 9.10. The predicted molar refractivity (Wildman–Crippen MR) is 108 cm³/mol. The van der Waals surface area contributed by atoms with E-state index < -0.39 is 4.92 Å². The van der Waals surface area contributed by atoms with E-state index in [4.69, 9.17) is 4.74 Å². The third kappa shape index (κ3) is 5.28. The molecule has 138 valence electrons. The van der Waals surface area contributed by atoms with Crippen LogP contribution < -0.4 is 10.1 Å². The van der Waals surface area contributed by atoms with Crippen LogP contribution in [0.4, 0.5) is 11.4 Å². The number of carbonyl (C=O) groups is 1. The number of hydrogen-bond donors (Lipinski definition) is 1. The quantitative estimate of drug-likeness (QED) is 0.451. The summed E-state index contributed by atoms with van der Waals surface area (Å²) in [7, 11) is 0. The van der Waals surface area contributed by atoms with Gasteiger partial charge in [-0.1, -0.05) is 36.7 Å². The lowest BCUT2D eigenvalue weighted by atomic mass is 9.86. The Hall–Kier alpha value is -1.93. The molecule has 8 heteroatoms. The molecule has 0 unspecified atom stereocenters. The Balaban J connectivity index is 2.07. The minimum absolute atomic E-state index is 0.0594. The fourth-order valence-corrected chi connectivity index (χ4v) is 3.09. The summed E-state index contributed by atoms with van der Waals surface area (Å²) in [6.45, 7) is 6.02. The highest BCUT2D eigenvalue weighted by Crippen LogP contribution is 2.33. The van der Waals surface area contributed by atoms with Crippen LogP contribution in [-0.4, -0.2) is 17.4 Å². The van der Waals surface area contributed by atoms with Crippen LogP contribution in [0.1, 0.15) is 26.3 Å². The minimum Gasteiger partial charge on any atom is -0.483 e. The van der Waals surface area contributed by atoms with Gasteiger partial charge in [-0.25, -0.2) is 0 Å². The van der Waals surface area contributed by atoms with Gasteiger partial charge >= 0.3 is 0 Å². The van der Waals surface area contributed by atoms with Crippen LogP contribution in [0, 0.1) is 10.1 Å². The number of nitro benzene ring substituents is 1. The molecule has 0 aliphatic carbocycles. The van der Waals surface area contributed by atoms with E-state index in [1.807, 2.05) is 18.2 Å². The Morgan fingerprint density at radius 2 is 1.88 bits per heavy atom. The number of nitro groups is 1. The number of halogens is 2. The summed E-state index contributed by atoms with van der Waals surface area (Å²) in [6, 6.07) is 9.78. The van der Waals surface area contributed by atoms with E-state index in [1.54, 1.807) is 0 Å². The van der Waals surface area contributed by atoms with Crippen molar-refractivity contribution >= 4 is 49.1 Å². The molecule has 1 N–H and O–H groups in total. The molecule has 0 atom stereocenters. The summed E-state index contributed by atoms with van der Waals surface area (Å²) in [4.78, 5) is 22.4. The summed E-state index contributed by atoms with van der Waals surface area (Å²) >= 11 is 6.67. The summed E-state index contributed by atoms with van der Waals surface area (Å²) in [5.74, 6) is 0.279. The molecule has 26 heavy (non-hydrogen) atoms. The van der Waals surface area contributed by atoms with E-state index in [2.05, 4.69) is 57.9 Å². The van der Waals surface area contributed by atoms with Gasteiger partial charge in [0.2, 0.25) is 0 Å². The maximum absolute atomic E-state index is 12.2. The molecule has 0 radical (unpaired) electrons. The number of hydrogen-bond acceptors (Lipinski definition) is 4. The molecule has 2 aromatic rings. The van der Waals surface area contributed by atoms with Crippen molar-refractivity contribution in [3.8, 4) is 5.75 Å². The fraction of sp³-hybridized carbons (Fsp3) is 0.278. The average Bonchev–Trinajstić information content (AvgIpc) is 2.54. The van der Waals surface area contributed by atoms with Gasteiger partial charge in [0, 0.05) is 26.6 Å². The van der Waals surface area contributed by atoms with Crippen LogP contribution in [0.15, 0.2) is 45.3 Å². The molecule has 6 nitrogen and oxygen atoms in total. The van der Waals surface area contributed by atoms with Crippen LogP contribution >= 0.6 is 31.9 Å². The number of rotatable bonds is 5. The second kappa shape index (κ2) is 8.18. The number of amides is 1. The van der Waals surface area contributed by atoms with Gasteiger partial charge < -0.3 is 10.1 Å². The first kappa shape index (κ1) is 20.4. The van der Waals surface area contributed by atoms with Gasteiger partial charge in [-0.15, -0.1) is 0 Å². The number of carbonyl (C=O) groups excluding carboxylic acids is 1. The third-order valence-corrected chi connectivity index (χ3v) is 4.70. The smallest absolute Gasteiger partial charge is 0.270 e. The number of anilines is 1. The van der Waals surface area contributed by atoms with E-state index in [0.29, 0.717) is 15.9 Å². The molecular weight excluding hydrogens is 468 g/mol. The van der Waals surface area contributed by atoms with E-state index >= 15 is 0 Å². The summed E-state index contributed by atoms with van der Waals surface area (Å²) in [5, 5.41) is 13.4. The molecule has 0 aromatic heterocycles. The molecule has 2 aromatic carbocycles. The number of nitrogens with zero attached hydrogens (tertiary/aromatic N) is 1. The van der Waals surface area contributed by atoms with Crippen molar-refractivity contribution in [1.29, 1.82) is 0 Å². The number of ether oxygens (including phenoxy) is 1. The van der Waals surface area contributed by atoms with Crippen molar-refractivity contribution in [2.24, 2.45) is 0 Å².